The summed E-state index contributed by atoms with van der Waals surface area (Å²) < 4.78 is 11.4. The van der Waals surface area contributed by atoms with Crippen LogP contribution < -0.4 is 10.6 Å². The molecule has 4 aromatic rings. The molecule has 1 amide bonds. The Morgan fingerprint density at radius 2 is 1.80 bits per heavy atom. The van der Waals surface area contributed by atoms with Crippen molar-refractivity contribution in [3.8, 4) is 0 Å². The van der Waals surface area contributed by atoms with Gasteiger partial charge in [0.1, 0.15) is 5.52 Å². The van der Waals surface area contributed by atoms with Gasteiger partial charge in [-0.05, 0) is 58.4 Å². The zero-order chi connectivity index (χ0) is 17.2. The van der Waals surface area contributed by atoms with Gasteiger partial charge in [0.2, 0.25) is 0 Å². The number of hydrogen-bond acceptors (Lipinski definition) is 5. The first-order valence-corrected chi connectivity index (χ1v) is 8.26. The maximum absolute atomic E-state index is 12.1. The van der Waals surface area contributed by atoms with Crippen molar-refractivity contribution < 1.29 is 13.6 Å². The molecule has 2 aromatic carbocycles. The number of oxazole rings is 1. The van der Waals surface area contributed by atoms with E-state index in [2.05, 4.69) is 31.5 Å². The van der Waals surface area contributed by atoms with Crippen LogP contribution in [0.15, 0.2) is 74.2 Å². The number of furan rings is 1. The van der Waals surface area contributed by atoms with Gasteiger partial charge in [0.15, 0.2) is 16.0 Å². The molecule has 0 bridgehead atoms. The lowest BCUT2D eigenvalue weighted by Crippen LogP contribution is -2.10. The molecular formula is C18H12BrN3O3. The number of halogens is 1. The van der Waals surface area contributed by atoms with E-state index in [-0.39, 0.29) is 11.7 Å². The van der Waals surface area contributed by atoms with Gasteiger partial charge in [-0.1, -0.05) is 18.2 Å². The molecule has 0 aliphatic rings. The summed E-state index contributed by atoms with van der Waals surface area (Å²) in [5, 5.41) is 5.87. The van der Waals surface area contributed by atoms with Crippen LogP contribution in [-0.4, -0.2) is 10.9 Å². The van der Waals surface area contributed by atoms with E-state index in [9.17, 15) is 4.79 Å². The van der Waals surface area contributed by atoms with Crippen LogP contribution in [0.2, 0.25) is 0 Å². The lowest BCUT2D eigenvalue weighted by atomic mass is 10.2. The molecule has 124 valence electrons. The maximum Gasteiger partial charge on any atom is 0.300 e. The van der Waals surface area contributed by atoms with Gasteiger partial charge in [-0.3, -0.25) is 4.79 Å². The average Bonchev–Trinajstić information content (AvgIpc) is 3.20. The maximum atomic E-state index is 12.1. The minimum atomic E-state index is -0.329. The van der Waals surface area contributed by atoms with E-state index in [0.717, 1.165) is 11.2 Å². The van der Waals surface area contributed by atoms with Crippen LogP contribution in [0.4, 0.5) is 17.4 Å². The Bertz CT molecular complexity index is 1020. The first-order valence-electron chi connectivity index (χ1n) is 7.47. The Kier molecular flexibility index (Phi) is 3.99. The fraction of sp³-hybridized carbons (Fsp3) is 0. The first kappa shape index (κ1) is 15.5. The summed E-state index contributed by atoms with van der Waals surface area (Å²) in [6.45, 7) is 0. The lowest BCUT2D eigenvalue weighted by Gasteiger charge is -2.06. The van der Waals surface area contributed by atoms with E-state index in [1.54, 1.807) is 24.3 Å². The molecule has 0 aliphatic carbocycles. The number of aromatic nitrogens is 1. The van der Waals surface area contributed by atoms with Crippen molar-refractivity contribution >= 4 is 50.3 Å². The largest absolute Gasteiger partial charge is 0.444 e. The summed E-state index contributed by atoms with van der Waals surface area (Å²) in [5.74, 6) is -0.103. The Labute approximate surface area is 151 Å². The molecule has 0 atom stereocenters. The van der Waals surface area contributed by atoms with Gasteiger partial charge >= 0.3 is 0 Å². The van der Waals surface area contributed by atoms with Gasteiger partial charge in [0.05, 0.1) is 0 Å². The lowest BCUT2D eigenvalue weighted by molar-refractivity contribution is 0.0995. The molecule has 6 nitrogen and oxygen atoms in total. The fourth-order valence-electron chi connectivity index (χ4n) is 2.35. The van der Waals surface area contributed by atoms with E-state index >= 15 is 0 Å². The van der Waals surface area contributed by atoms with E-state index in [4.69, 9.17) is 8.83 Å². The van der Waals surface area contributed by atoms with Crippen LogP contribution in [0, 0.1) is 0 Å². The molecule has 0 saturated heterocycles. The predicted molar refractivity (Wildman–Crippen MR) is 98.1 cm³/mol. The van der Waals surface area contributed by atoms with Crippen molar-refractivity contribution in [3.05, 3.63) is 71.1 Å². The second-order valence-corrected chi connectivity index (χ2v) is 6.03. The van der Waals surface area contributed by atoms with Crippen molar-refractivity contribution in [2.45, 2.75) is 0 Å². The Balaban J connectivity index is 1.51. The van der Waals surface area contributed by atoms with Crippen molar-refractivity contribution in [1.82, 2.24) is 4.98 Å². The van der Waals surface area contributed by atoms with Gasteiger partial charge < -0.3 is 19.5 Å². The third kappa shape index (κ3) is 3.41. The summed E-state index contributed by atoms with van der Waals surface area (Å²) >= 11 is 3.17. The number of nitrogens with one attached hydrogen (secondary N) is 2. The molecule has 4 rings (SSSR count). The van der Waals surface area contributed by atoms with Gasteiger partial charge in [0.25, 0.3) is 11.9 Å². The number of carbonyl (C=O) groups is 1. The molecule has 7 heteroatoms. The third-order valence-corrected chi connectivity index (χ3v) is 3.89. The molecule has 2 aromatic heterocycles. The van der Waals surface area contributed by atoms with E-state index < -0.39 is 0 Å². The topological polar surface area (TPSA) is 80.3 Å². The summed E-state index contributed by atoms with van der Waals surface area (Å²) in [6, 6.07) is 18.4. The number of amides is 1. The van der Waals surface area contributed by atoms with Crippen LogP contribution in [0.25, 0.3) is 11.1 Å². The van der Waals surface area contributed by atoms with E-state index in [1.807, 2.05) is 36.4 Å². The quantitative estimate of drug-likeness (QED) is 0.495. The Morgan fingerprint density at radius 3 is 2.60 bits per heavy atom. The first-order chi connectivity index (χ1) is 12.2. The van der Waals surface area contributed by atoms with Gasteiger partial charge in [-0.2, -0.15) is 4.98 Å². The monoisotopic (exact) mass is 397 g/mol. The van der Waals surface area contributed by atoms with Crippen molar-refractivity contribution in [2.24, 2.45) is 0 Å². The number of carbonyl (C=O) groups excluding carboxylic acids is 1. The van der Waals surface area contributed by atoms with Crippen molar-refractivity contribution in [3.63, 3.8) is 0 Å². The molecule has 2 N–H and O–H groups in total. The zero-order valence-electron chi connectivity index (χ0n) is 12.8. The third-order valence-electron chi connectivity index (χ3n) is 3.46. The van der Waals surface area contributed by atoms with Gasteiger partial charge in [-0.15, -0.1) is 0 Å². The highest BCUT2D eigenvalue weighted by molar-refractivity contribution is 9.10. The van der Waals surface area contributed by atoms with Crippen LogP contribution in [0.1, 0.15) is 10.6 Å². The minimum Gasteiger partial charge on any atom is -0.444 e. The molecule has 0 spiro atoms. The summed E-state index contributed by atoms with van der Waals surface area (Å²) in [7, 11) is 0. The van der Waals surface area contributed by atoms with Gasteiger partial charge in [0, 0.05) is 11.4 Å². The zero-order valence-corrected chi connectivity index (χ0v) is 14.4. The highest BCUT2D eigenvalue weighted by Gasteiger charge is 2.11. The predicted octanol–water partition coefficient (Wildman–Crippen LogP) is 5.18. The molecule has 0 saturated carbocycles. The van der Waals surface area contributed by atoms with Crippen LogP contribution in [-0.2, 0) is 0 Å². The summed E-state index contributed by atoms with van der Waals surface area (Å²) in [4.78, 5) is 16.5. The van der Waals surface area contributed by atoms with Crippen LogP contribution in [0.3, 0.4) is 0 Å². The second kappa shape index (κ2) is 6.45. The van der Waals surface area contributed by atoms with E-state index in [0.29, 0.717) is 22.0 Å². The number of benzene rings is 2. The number of hydrogen-bond donors (Lipinski definition) is 2. The van der Waals surface area contributed by atoms with Crippen molar-refractivity contribution in [1.29, 1.82) is 0 Å². The fourth-order valence-corrected chi connectivity index (χ4v) is 2.66. The summed E-state index contributed by atoms with van der Waals surface area (Å²) in [5.41, 5.74) is 2.85. The molecule has 0 radical (unpaired) electrons. The molecule has 0 fully saturated rings. The van der Waals surface area contributed by atoms with Crippen LogP contribution in [0.5, 0.6) is 0 Å². The number of rotatable bonds is 4. The minimum absolute atomic E-state index is 0.226. The standard InChI is InChI=1S/C18H12BrN3O3/c19-16-9-8-15(24-16)17(23)20-11-4-3-5-12(10-11)21-18-22-13-6-1-2-7-14(13)25-18/h1-10H,(H,20,23)(H,21,22). The van der Waals surface area contributed by atoms with Gasteiger partial charge in [-0.25, -0.2) is 0 Å². The SMILES string of the molecule is O=C(Nc1cccc(Nc2nc3ccccc3o2)c1)c1ccc(Br)o1. The Morgan fingerprint density at radius 1 is 0.960 bits per heavy atom. The van der Waals surface area contributed by atoms with Crippen molar-refractivity contribution in [2.75, 3.05) is 10.6 Å². The number of nitrogens with zero attached hydrogens (tertiary/aromatic N) is 1. The highest BCUT2D eigenvalue weighted by atomic mass is 79.9. The molecule has 0 unspecified atom stereocenters. The summed E-state index contributed by atoms with van der Waals surface area (Å²) in [6.07, 6.45) is 0. The molecule has 2 heterocycles. The average molecular weight is 398 g/mol. The van der Waals surface area contributed by atoms with E-state index in [1.165, 1.54) is 0 Å². The number of anilines is 3. The molecular weight excluding hydrogens is 386 g/mol. The molecule has 0 aliphatic heterocycles. The number of fused-ring (bicyclic) bond motifs is 1. The molecule has 25 heavy (non-hydrogen) atoms. The number of para-hydroxylation sites is 2. The second-order valence-electron chi connectivity index (χ2n) is 5.25. The van der Waals surface area contributed by atoms with Crippen LogP contribution >= 0.6 is 15.9 Å². The normalized spacial score (nSPS) is 10.8. The highest BCUT2D eigenvalue weighted by Crippen LogP contribution is 2.24. The smallest absolute Gasteiger partial charge is 0.300 e. The Hall–Kier alpha value is -3.06.